The summed E-state index contributed by atoms with van der Waals surface area (Å²) in [6, 6.07) is 12.0. The number of carbonyl (C=O) groups is 3. The molecule has 11 heteroatoms. The number of urea groups is 1. The van der Waals surface area contributed by atoms with Gasteiger partial charge in [-0.15, -0.1) is 0 Å². The van der Waals surface area contributed by atoms with Crippen LogP contribution in [0.25, 0.3) is 0 Å². The van der Waals surface area contributed by atoms with Crippen LogP contribution in [-0.2, 0) is 27.1 Å². The molecule has 2 N–H and O–H groups in total. The highest BCUT2D eigenvalue weighted by Gasteiger charge is 2.36. The lowest BCUT2D eigenvalue weighted by molar-refractivity contribution is -0.142. The number of hydrogen-bond acceptors (Lipinski definition) is 7. The molecule has 0 aromatic heterocycles. The summed E-state index contributed by atoms with van der Waals surface area (Å²) in [5.41, 5.74) is 4.28. The SMILES string of the molecule is C.COC1CCN(C2CCN(C(=O)[C@@H](Cc3cc(C)c(O)c(C)c3)OC(=O)N3CCC(N4CCc5ccccc5NC4=O)CC3)CC2)CC1. The predicted octanol–water partition coefficient (Wildman–Crippen LogP) is 5.35. The molecule has 0 spiro atoms. The smallest absolute Gasteiger partial charge is 0.410 e. The number of carbonyl (C=O) groups excluding carboxylic acids is 3. The summed E-state index contributed by atoms with van der Waals surface area (Å²) < 4.78 is 11.6. The largest absolute Gasteiger partial charge is 0.507 e. The van der Waals surface area contributed by atoms with Gasteiger partial charge in [-0.05, 0) is 87.1 Å². The second-order valence-corrected chi connectivity index (χ2v) is 13.9. The summed E-state index contributed by atoms with van der Waals surface area (Å²) in [5, 5.41) is 13.4. The number of aromatic hydroxyl groups is 1. The van der Waals surface area contributed by atoms with E-state index in [1.807, 2.05) is 60.0 Å². The van der Waals surface area contributed by atoms with E-state index in [4.69, 9.17) is 9.47 Å². The van der Waals surface area contributed by atoms with Gasteiger partial charge >= 0.3 is 12.1 Å². The van der Waals surface area contributed by atoms with Gasteiger partial charge in [0.05, 0.1) is 6.10 Å². The maximum Gasteiger partial charge on any atom is 0.410 e. The molecule has 6 rings (SSSR count). The zero-order valence-electron chi connectivity index (χ0n) is 28.7. The highest BCUT2D eigenvalue weighted by atomic mass is 16.6. The highest BCUT2D eigenvalue weighted by molar-refractivity contribution is 5.91. The quantitative estimate of drug-likeness (QED) is 0.406. The molecule has 4 heterocycles. The molecule has 1 atom stereocenters. The molecule has 4 aliphatic heterocycles. The number of nitrogens with one attached hydrogen (secondary N) is 1. The molecule has 49 heavy (non-hydrogen) atoms. The minimum atomic E-state index is -0.970. The van der Waals surface area contributed by atoms with E-state index in [9.17, 15) is 19.5 Å². The van der Waals surface area contributed by atoms with Gasteiger partial charge in [-0.25, -0.2) is 9.59 Å². The van der Waals surface area contributed by atoms with Crippen molar-refractivity contribution in [3.05, 3.63) is 58.7 Å². The van der Waals surface area contributed by atoms with Crippen molar-refractivity contribution in [1.82, 2.24) is 19.6 Å². The summed E-state index contributed by atoms with van der Waals surface area (Å²) in [6.07, 6.45) is 5.03. The molecule has 0 aliphatic carbocycles. The number of piperidine rings is 3. The molecule has 0 bridgehead atoms. The van der Waals surface area contributed by atoms with Crippen LogP contribution >= 0.6 is 0 Å². The molecule has 0 unspecified atom stereocenters. The van der Waals surface area contributed by atoms with E-state index in [2.05, 4.69) is 10.2 Å². The lowest BCUT2D eigenvalue weighted by atomic mass is 9.97. The van der Waals surface area contributed by atoms with E-state index in [-0.39, 0.29) is 37.6 Å². The van der Waals surface area contributed by atoms with Crippen molar-refractivity contribution < 1.29 is 29.0 Å². The highest BCUT2D eigenvalue weighted by Crippen LogP contribution is 2.28. The van der Waals surface area contributed by atoms with Crippen molar-refractivity contribution in [2.75, 3.05) is 58.2 Å². The van der Waals surface area contributed by atoms with Gasteiger partial charge in [0.15, 0.2) is 6.10 Å². The third-order valence-electron chi connectivity index (χ3n) is 10.9. The number of hydrogen-bond donors (Lipinski definition) is 2. The number of aryl methyl sites for hydroxylation is 2. The lowest BCUT2D eigenvalue weighted by Gasteiger charge is -2.42. The normalized spacial score (nSPS) is 20.6. The predicted molar refractivity (Wildman–Crippen MR) is 190 cm³/mol. The van der Waals surface area contributed by atoms with E-state index < -0.39 is 12.2 Å². The van der Waals surface area contributed by atoms with Crippen LogP contribution in [0.5, 0.6) is 5.75 Å². The molecule has 2 aromatic rings. The zero-order chi connectivity index (χ0) is 33.8. The number of methoxy groups -OCH3 is 1. The number of likely N-dealkylation sites (tertiary alicyclic amines) is 3. The average Bonchev–Trinajstić information content (AvgIpc) is 3.28. The topological polar surface area (TPSA) is 115 Å². The fourth-order valence-corrected chi connectivity index (χ4v) is 7.98. The summed E-state index contributed by atoms with van der Waals surface area (Å²) in [7, 11) is 1.78. The molecule has 0 radical (unpaired) electrons. The molecule has 2 aromatic carbocycles. The minimum Gasteiger partial charge on any atom is -0.507 e. The van der Waals surface area contributed by atoms with Crippen molar-refractivity contribution in [1.29, 1.82) is 0 Å². The van der Waals surface area contributed by atoms with E-state index >= 15 is 0 Å². The van der Waals surface area contributed by atoms with Crippen LogP contribution in [0.15, 0.2) is 36.4 Å². The first-order valence-electron chi connectivity index (χ1n) is 17.7. The Morgan fingerprint density at radius 2 is 1.49 bits per heavy atom. The second kappa shape index (κ2) is 16.3. The van der Waals surface area contributed by atoms with Gasteiger partial charge in [-0.1, -0.05) is 37.8 Å². The van der Waals surface area contributed by atoms with E-state index in [1.54, 1.807) is 12.0 Å². The summed E-state index contributed by atoms with van der Waals surface area (Å²) >= 11 is 0. The summed E-state index contributed by atoms with van der Waals surface area (Å²) in [6.45, 7) is 8.48. The third-order valence-corrected chi connectivity index (χ3v) is 10.9. The van der Waals surface area contributed by atoms with Gasteiger partial charge in [0.1, 0.15) is 5.75 Å². The first-order chi connectivity index (χ1) is 23.2. The van der Waals surface area contributed by atoms with Gasteiger partial charge in [-0.2, -0.15) is 0 Å². The lowest BCUT2D eigenvalue weighted by Crippen LogP contribution is -2.53. The summed E-state index contributed by atoms with van der Waals surface area (Å²) in [4.78, 5) is 48.7. The molecular formula is C38H55N5O6. The monoisotopic (exact) mass is 677 g/mol. The van der Waals surface area contributed by atoms with Gasteiger partial charge in [0.25, 0.3) is 5.91 Å². The Kier molecular flexibility index (Phi) is 12.1. The number of rotatable bonds is 7. The fraction of sp³-hybridized carbons (Fsp3) is 0.605. The zero-order valence-corrected chi connectivity index (χ0v) is 28.7. The number of phenols is 1. The summed E-state index contributed by atoms with van der Waals surface area (Å²) in [5.74, 6) is 0.0685. The van der Waals surface area contributed by atoms with Gasteiger partial charge in [-0.3, -0.25) is 4.79 Å². The van der Waals surface area contributed by atoms with Crippen molar-refractivity contribution >= 4 is 23.7 Å². The molecule has 11 nitrogen and oxygen atoms in total. The number of phenolic OH excluding ortho intramolecular Hbond substituents is 1. The number of para-hydroxylation sites is 1. The Labute approximate surface area is 291 Å². The Hall–Kier alpha value is -3.83. The molecule has 0 saturated carbocycles. The van der Waals surface area contributed by atoms with Gasteiger partial charge in [0, 0.05) is 77.1 Å². The average molecular weight is 678 g/mol. The van der Waals surface area contributed by atoms with E-state index in [0.717, 1.165) is 73.1 Å². The van der Waals surface area contributed by atoms with Crippen LogP contribution in [0.2, 0.25) is 0 Å². The van der Waals surface area contributed by atoms with Gasteiger partial charge in [0.2, 0.25) is 0 Å². The van der Waals surface area contributed by atoms with Crippen LogP contribution in [0.1, 0.15) is 68.2 Å². The molecule has 3 saturated heterocycles. The van der Waals surface area contributed by atoms with Crippen LogP contribution in [-0.4, -0.2) is 120 Å². The number of nitrogens with zero attached hydrogens (tertiary/aromatic N) is 4. The van der Waals surface area contributed by atoms with E-state index in [0.29, 0.717) is 57.7 Å². The molecule has 4 amide bonds. The van der Waals surface area contributed by atoms with Crippen molar-refractivity contribution in [3.63, 3.8) is 0 Å². The number of ether oxygens (including phenoxy) is 2. The van der Waals surface area contributed by atoms with E-state index in [1.165, 1.54) is 0 Å². The minimum absolute atomic E-state index is 0. The standard InChI is InChI=1S/C37H51N5O6.CH4/c1-25-22-27(23-26(2)34(25)43)24-33(35(44)40-15-9-29(10-16-40)39-19-13-31(47-3)14-20-39)48-37(46)41-17-11-30(12-18-41)42-21-8-28-6-4-5-7-32(28)38-36(42)45;/h4-7,22-23,29-31,33,43H,8-21,24H2,1-3H3,(H,38,45);1H4/t33-;/m1./s1. The van der Waals surface area contributed by atoms with Crippen LogP contribution in [0.4, 0.5) is 15.3 Å². The molecule has 4 aliphatic rings. The number of benzene rings is 2. The Balaban J connectivity index is 0.00000468. The third kappa shape index (κ3) is 8.49. The first-order valence-corrected chi connectivity index (χ1v) is 17.7. The number of anilines is 1. The van der Waals surface area contributed by atoms with Crippen molar-refractivity contribution in [3.8, 4) is 5.75 Å². The Morgan fingerprint density at radius 3 is 2.14 bits per heavy atom. The maximum atomic E-state index is 14.0. The molecule has 3 fully saturated rings. The first kappa shape index (κ1) is 36.5. The fourth-order valence-electron chi connectivity index (χ4n) is 7.98. The second-order valence-electron chi connectivity index (χ2n) is 13.9. The van der Waals surface area contributed by atoms with Crippen LogP contribution in [0.3, 0.4) is 0 Å². The maximum absolute atomic E-state index is 14.0. The number of amides is 4. The van der Waals surface area contributed by atoms with Gasteiger partial charge < -0.3 is 39.5 Å². The van der Waals surface area contributed by atoms with Crippen molar-refractivity contribution in [2.24, 2.45) is 0 Å². The molecular weight excluding hydrogens is 622 g/mol. The van der Waals surface area contributed by atoms with Crippen LogP contribution in [0, 0.1) is 13.8 Å². The van der Waals surface area contributed by atoms with Crippen molar-refractivity contribution in [2.45, 2.75) is 96.9 Å². The molecule has 268 valence electrons. The Morgan fingerprint density at radius 1 is 0.878 bits per heavy atom. The number of fused-ring (bicyclic) bond motifs is 1. The van der Waals surface area contributed by atoms with Crippen LogP contribution < -0.4 is 5.32 Å². The Bertz CT molecular complexity index is 1440.